The lowest BCUT2D eigenvalue weighted by Gasteiger charge is -2.23. The summed E-state index contributed by atoms with van der Waals surface area (Å²) in [5, 5.41) is 3.24. The van der Waals surface area contributed by atoms with E-state index in [1.165, 1.54) is 0 Å². The minimum Gasteiger partial charge on any atom is -0.382 e. The SMILES string of the molecule is CCCCNc1c(N(C)CC)c(=O)c1=S. The van der Waals surface area contributed by atoms with Crippen LogP contribution < -0.4 is 15.6 Å². The van der Waals surface area contributed by atoms with Gasteiger partial charge in [0.05, 0.1) is 5.69 Å². The van der Waals surface area contributed by atoms with E-state index in [2.05, 4.69) is 12.2 Å². The molecule has 1 aromatic carbocycles. The van der Waals surface area contributed by atoms with Crippen LogP contribution in [0.1, 0.15) is 26.7 Å². The van der Waals surface area contributed by atoms with Crippen molar-refractivity contribution >= 4 is 23.6 Å². The van der Waals surface area contributed by atoms with E-state index in [9.17, 15) is 4.79 Å². The Morgan fingerprint density at radius 2 is 2.07 bits per heavy atom. The molecule has 0 radical (unpaired) electrons. The highest BCUT2D eigenvalue weighted by molar-refractivity contribution is 7.71. The van der Waals surface area contributed by atoms with Crippen LogP contribution >= 0.6 is 12.2 Å². The second-order valence-corrected chi connectivity index (χ2v) is 4.08. The zero-order chi connectivity index (χ0) is 11.4. The average molecular weight is 226 g/mol. The topological polar surface area (TPSA) is 32.3 Å². The van der Waals surface area contributed by atoms with Gasteiger partial charge in [-0.1, -0.05) is 25.6 Å². The second-order valence-electron chi connectivity index (χ2n) is 3.68. The van der Waals surface area contributed by atoms with E-state index in [4.69, 9.17) is 12.2 Å². The van der Waals surface area contributed by atoms with E-state index in [0.29, 0.717) is 4.51 Å². The van der Waals surface area contributed by atoms with E-state index >= 15 is 0 Å². The third-order valence-electron chi connectivity index (χ3n) is 2.57. The summed E-state index contributed by atoms with van der Waals surface area (Å²) in [5.74, 6) is 0. The summed E-state index contributed by atoms with van der Waals surface area (Å²) in [7, 11) is 1.91. The summed E-state index contributed by atoms with van der Waals surface area (Å²) < 4.78 is 0.460. The van der Waals surface area contributed by atoms with Crippen molar-refractivity contribution in [2.24, 2.45) is 0 Å². The van der Waals surface area contributed by atoms with Gasteiger partial charge in [-0.3, -0.25) is 4.79 Å². The minimum absolute atomic E-state index is 0.00773. The van der Waals surface area contributed by atoms with Gasteiger partial charge in [-0.2, -0.15) is 0 Å². The Bertz CT molecular complexity index is 393. The molecular formula is C11H18N2OS. The molecule has 1 rings (SSSR count). The van der Waals surface area contributed by atoms with Crippen LogP contribution in [0.15, 0.2) is 4.79 Å². The average Bonchev–Trinajstić information content (AvgIpc) is 2.26. The number of anilines is 2. The summed E-state index contributed by atoms with van der Waals surface area (Å²) in [6, 6.07) is 0. The van der Waals surface area contributed by atoms with E-state index in [0.717, 1.165) is 37.3 Å². The molecule has 15 heavy (non-hydrogen) atoms. The van der Waals surface area contributed by atoms with Crippen LogP contribution in [-0.2, 0) is 0 Å². The van der Waals surface area contributed by atoms with Gasteiger partial charge in [0.15, 0.2) is 0 Å². The van der Waals surface area contributed by atoms with Crippen molar-refractivity contribution in [2.45, 2.75) is 26.7 Å². The van der Waals surface area contributed by atoms with E-state index < -0.39 is 0 Å². The quantitative estimate of drug-likeness (QED) is 0.596. The van der Waals surface area contributed by atoms with Crippen LogP contribution in [0.4, 0.5) is 11.4 Å². The third kappa shape index (κ3) is 2.37. The fourth-order valence-electron chi connectivity index (χ4n) is 1.46. The molecular weight excluding hydrogens is 208 g/mol. The summed E-state index contributed by atoms with van der Waals surface area (Å²) in [6.45, 7) is 5.87. The molecule has 0 amide bonds. The first-order valence-corrected chi connectivity index (χ1v) is 5.82. The molecule has 0 atom stereocenters. The minimum atomic E-state index is 0.00773. The van der Waals surface area contributed by atoms with Crippen molar-refractivity contribution in [2.75, 3.05) is 30.4 Å². The summed E-state index contributed by atoms with van der Waals surface area (Å²) in [5.41, 5.74) is 1.62. The van der Waals surface area contributed by atoms with Crippen LogP contribution in [0, 0.1) is 4.51 Å². The lowest BCUT2D eigenvalue weighted by atomic mass is 10.2. The van der Waals surface area contributed by atoms with Crippen molar-refractivity contribution in [1.29, 1.82) is 0 Å². The summed E-state index contributed by atoms with van der Waals surface area (Å²) >= 11 is 5.02. The van der Waals surface area contributed by atoms with Gasteiger partial charge in [-0.15, -0.1) is 0 Å². The highest BCUT2D eigenvalue weighted by atomic mass is 32.1. The zero-order valence-electron chi connectivity index (χ0n) is 9.59. The smallest absolute Gasteiger partial charge is 0.224 e. The van der Waals surface area contributed by atoms with Crippen molar-refractivity contribution in [3.05, 3.63) is 14.7 Å². The van der Waals surface area contributed by atoms with Gasteiger partial charge in [0.1, 0.15) is 10.2 Å². The molecule has 0 saturated carbocycles. The lowest BCUT2D eigenvalue weighted by molar-refractivity contribution is 0.831. The number of hydrogen-bond donors (Lipinski definition) is 1. The van der Waals surface area contributed by atoms with Crippen LogP contribution in [-0.4, -0.2) is 20.1 Å². The first kappa shape index (κ1) is 12.2. The Hall–Kier alpha value is -0.900. The fourth-order valence-corrected chi connectivity index (χ4v) is 1.72. The van der Waals surface area contributed by atoms with Crippen LogP contribution in [0.5, 0.6) is 0 Å². The molecule has 0 aliphatic heterocycles. The third-order valence-corrected chi connectivity index (χ3v) is 2.96. The van der Waals surface area contributed by atoms with Crippen LogP contribution in [0.25, 0.3) is 0 Å². The number of rotatable bonds is 6. The lowest BCUT2D eigenvalue weighted by Crippen LogP contribution is -2.29. The Morgan fingerprint density at radius 3 is 2.60 bits per heavy atom. The van der Waals surface area contributed by atoms with E-state index in [1.807, 2.05) is 18.9 Å². The largest absolute Gasteiger partial charge is 0.382 e. The molecule has 0 aliphatic carbocycles. The second kappa shape index (κ2) is 5.26. The van der Waals surface area contributed by atoms with Crippen molar-refractivity contribution in [3.8, 4) is 0 Å². The van der Waals surface area contributed by atoms with Crippen molar-refractivity contribution in [1.82, 2.24) is 0 Å². The molecule has 3 nitrogen and oxygen atoms in total. The van der Waals surface area contributed by atoms with Gasteiger partial charge in [-0.05, 0) is 13.3 Å². The molecule has 0 spiro atoms. The van der Waals surface area contributed by atoms with Gasteiger partial charge in [-0.25, -0.2) is 0 Å². The number of nitrogens with zero attached hydrogens (tertiary/aromatic N) is 1. The monoisotopic (exact) mass is 226 g/mol. The Labute approximate surface area is 95.8 Å². The van der Waals surface area contributed by atoms with Gasteiger partial charge in [0.2, 0.25) is 5.43 Å². The molecule has 0 bridgehead atoms. The molecule has 0 aromatic heterocycles. The molecule has 0 saturated heterocycles. The van der Waals surface area contributed by atoms with Gasteiger partial charge in [0, 0.05) is 20.1 Å². The molecule has 1 N–H and O–H groups in total. The highest BCUT2D eigenvalue weighted by Crippen LogP contribution is 2.25. The maximum Gasteiger partial charge on any atom is 0.224 e. The fraction of sp³-hybridized carbons (Fsp3) is 0.636. The number of hydrogen-bond acceptors (Lipinski definition) is 4. The highest BCUT2D eigenvalue weighted by Gasteiger charge is 2.19. The predicted octanol–water partition coefficient (Wildman–Crippen LogP) is 2.32. The number of unbranched alkanes of at least 4 members (excludes halogenated alkanes) is 1. The van der Waals surface area contributed by atoms with E-state index in [1.54, 1.807) is 0 Å². The Kier molecular flexibility index (Phi) is 4.27. The van der Waals surface area contributed by atoms with Gasteiger partial charge in [0.25, 0.3) is 0 Å². The van der Waals surface area contributed by atoms with Gasteiger partial charge < -0.3 is 10.2 Å². The van der Waals surface area contributed by atoms with Crippen LogP contribution in [0.3, 0.4) is 0 Å². The number of nitrogens with one attached hydrogen (secondary N) is 1. The standard InChI is InChI=1S/C11H18N2OS/c1-4-6-7-12-8-9(13(3)5-2)10(14)11(8)15/h12H,4-7H2,1-3H3. The molecule has 84 valence electrons. The van der Waals surface area contributed by atoms with Crippen molar-refractivity contribution in [3.63, 3.8) is 0 Å². The molecule has 0 aliphatic rings. The molecule has 1 aromatic rings. The predicted molar refractivity (Wildman–Crippen MR) is 68.3 cm³/mol. The van der Waals surface area contributed by atoms with Gasteiger partial charge >= 0.3 is 0 Å². The molecule has 4 heteroatoms. The van der Waals surface area contributed by atoms with E-state index in [-0.39, 0.29) is 5.43 Å². The molecule has 0 heterocycles. The summed E-state index contributed by atoms with van der Waals surface area (Å²) in [4.78, 5) is 13.5. The molecule has 0 fully saturated rings. The maximum atomic E-state index is 11.5. The zero-order valence-corrected chi connectivity index (χ0v) is 10.4. The normalized spacial score (nSPS) is 10.6. The Morgan fingerprint density at radius 1 is 1.40 bits per heavy atom. The summed E-state index contributed by atoms with van der Waals surface area (Å²) in [6.07, 6.45) is 2.24. The molecule has 0 unspecified atom stereocenters. The first-order valence-electron chi connectivity index (χ1n) is 5.41. The van der Waals surface area contributed by atoms with Crippen molar-refractivity contribution < 1.29 is 0 Å². The maximum absolute atomic E-state index is 11.5. The first-order chi connectivity index (χ1) is 7.13. The van der Waals surface area contributed by atoms with Crippen LogP contribution in [0.2, 0.25) is 0 Å². The Balaban J connectivity index is 2.76.